The molecule has 1 aromatic carbocycles. The van der Waals surface area contributed by atoms with Gasteiger partial charge >= 0.3 is 0 Å². The third kappa shape index (κ3) is 1.93. The molecule has 0 aromatic heterocycles. The minimum Gasteiger partial charge on any atom is -0.369 e. The fourth-order valence-electron chi connectivity index (χ4n) is 3.25. The molecule has 0 N–H and O–H groups in total. The second kappa shape index (κ2) is 4.44. The van der Waals surface area contributed by atoms with Crippen LogP contribution in [0.3, 0.4) is 0 Å². The molecule has 1 saturated heterocycles. The van der Waals surface area contributed by atoms with E-state index in [1.165, 1.54) is 0 Å². The van der Waals surface area contributed by atoms with Crippen LogP contribution < -0.4 is 0 Å². The summed E-state index contributed by atoms with van der Waals surface area (Å²) in [6.07, 6.45) is 0. The zero-order valence-corrected chi connectivity index (χ0v) is 11.4. The average molecular weight is 283 g/mol. The lowest BCUT2D eigenvalue weighted by atomic mass is 9.82. The molecular formula is C13H15ClN2O3. The Morgan fingerprint density at radius 2 is 2.37 bits per heavy atom. The molecule has 0 spiro atoms. The Morgan fingerprint density at radius 3 is 3.11 bits per heavy atom. The monoisotopic (exact) mass is 282 g/mol. The molecule has 1 fully saturated rings. The van der Waals surface area contributed by atoms with Gasteiger partial charge in [-0.3, -0.25) is 15.0 Å². The molecule has 0 bridgehead atoms. The normalized spacial score (nSPS) is 30.5. The standard InChI is InChI=1S/C13H15ClN2O3/c1-15-5-12-11-4-10(14)3-2-9(11)6-19-8-13(12,7-15)16(17)18/h2-4,12H,5-8H2,1H3/t12-,13-/m0/s1. The largest absolute Gasteiger partial charge is 0.369 e. The van der Waals surface area contributed by atoms with Crippen molar-refractivity contribution in [3.63, 3.8) is 0 Å². The second-order valence-electron chi connectivity index (χ2n) is 5.45. The van der Waals surface area contributed by atoms with E-state index in [4.69, 9.17) is 16.3 Å². The summed E-state index contributed by atoms with van der Waals surface area (Å²) >= 11 is 6.06. The second-order valence-corrected chi connectivity index (χ2v) is 5.88. The number of hydrogen-bond acceptors (Lipinski definition) is 4. The van der Waals surface area contributed by atoms with E-state index < -0.39 is 5.54 Å². The molecule has 2 heterocycles. The summed E-state index contributed by atoms with van der Waals surface area (Å²) in [5, 5.41) is 12.2. The molecule has 6 heteroatoms. The van der Waals surface area contributed by atoms with Crippen molar-refractivity contribution < 1.29 is 9.66 Å². The Labute approximate surface area is 116 Å². The van der Waals surface area contributed by atoms with Crippen molar-refractivity contribution in [1.82, 2.24) is 4.90 Å². The molecule has 0 amide bonds. The van der Waals surface area contributed by atoms with Crippen molar-refractivity contribution in [2.75, 3.05) is 26.7 Å². The maximum Gasteiger partial charge on any atom is 0.265 e. The predicted octanol–water partition coefficient (Wildman–Crippen LogP) is 1.91. The molecule has 19 heavy (non-hydrogen) atoms. The lowest BCUT2D eigenvalue weighted by Gasteiger charge is -2.24. The number of benzene rings is 1. The molecule has 0 unspecified atom stereocenters. The van der Waals surface area contributed by atoms with Crippen LogP contribution in [-0.4, -0.2) is 42.1 Å². The van der Waals surface area contributed by atoms with Crippen molar-refractivity contribution in [3.05, 3.63) is 44.5 Å². The smallest absolute Gasteiger partial charge is 0.265 e. The fraction of sp³-hybridized carbons (Fsp3) is 0.538. The Kier molecular flexibility index (Phi) is 3.00. The van der Waals surface area contributed by atoms with Gasteiger partial charge in [0.1, 0.15) is 6.61 Å². The van der Waals surface area contributed by atoms with Gasteiger partial charge in [0.15, 0.2) is 0 Å². The highest BCUT2D eigenvalue weighted by Crippen LogP contribution is 2.42. The molecule has 2 aliphatic rings. The molecule has 2 atom stereocenters. The summed E-state index contributed by atoms with van der Waals surface area (Å²) in [7, 11) is 1.91. The molecule has 3 rings (SSSR count). The third-order valence-electron chi connectivity index (χ3n) is 4.14. The number of rotatable bonds is 1. The van der Waals surface area contributed by atoms with Crippen molar-refractivity contribution in [1.29, 1.82) is 0 Å². The molecule has 0 saturated carbocycles. The highest BCUT2D eigenvalue weighted by atomic mass is 35.5. The first-order chi connectivity index (χ1) is 9.03. The van der Waals surface area contributed by atoms with E-state index in [0.717, 1.165) is 11.1 Å². The van der Waals surface area contributed by atoms with Crippen LogP contribution in [0.15, 0.2) is 18.2 Å². The van der Waals surface area contributed by atoms with Crippen molar-refractivity contribution in [3.8, 4) is 0 Å². The van der Waals surface area contributed by atoms with E-state index in [1.54, 1.807) is 0 Å². The van der Waals surface area contributed by atoms with E-state index in [0.29, 0.717) is 24.7 Å². The fourth-order valence-corrected chi connectivity index (χ4v) is 3.44. The van der Waals surface area contributed by atoms with Crippen LogP contribution in [0.25, 0.3) is 0 Å². The van der Waals surface area contributed by atoms with Gasteiger partial charge in [0, 0.05) is 16.5 Å². The summed E-state index contributed by atoms with van der Waals surface area (Å²) in [5.74, 6) is -0.163. The number of halogens is 1. The lowest BCUT2D eigenvalue weighted by Crippen LogP contribution is -2.48. The van der Waals surface area contributed by atoms with Gasteiger partial charge in [-0.2, -0.15) is 0 Å². The zero-order valence-electron chi connectivity index (χ0n) is 10.6. The SMILES string of the molecule is CN1C[C@H]2c3cc(Cl)ccc3COC[C@@]2([N+](=O)[O-])C1. The van der Waals surface area contributed by atoms with Gasteiger partial charge in [-0.15, -0.1) is 0 Å². The first-order valence-electron chi connectivity index (χ1n) is 6.22. The van der Waals surface area contributed by atoms with Crippen LogP contribution >= 0.6 is 11.6 Å². The Hall–Kier alpha value is -1.17. The van der Waals surface area contributed by atoms with Crippen LogP contribution in [0.1, 0.15) is 17.0 Å². The van der Waals surface area contributed by atoms with Gasteiger partial charge in [0.25, 0.3) is 5.54 Å². The number of likely N-dealkylation sites (N-methyl/N-ethyl adjacent to an activating group) is 1. The number of nitrogens with zero attached hydrogens (tertiary/aromatic N) is 2. The van der Waals surface area contributed by atoms with E-state index in [2.05, 4.69) is 0 Å². The molecule has 102 valence electrons. The minimum atomic E-state index is -1.05. The Balaban J connectivity index is 2.15. The number of ether oxygens (including phenoxy) is 1. The molecule has 0 aliphatic carbocycles. The summed E-state index contributed by atoms with van der Waals surface area (Å²) in [6, 6.07) is 5.57. The average Bonchev–Trinajstić information content (AvgIpc) is 2.62. The number of hydrogen-bond donors (Lipinski definition) is 0. The van der Waals surface area contributed by atoms with Crippen molar-refractivity contribution >= 4 is 11.6 Å². The molecule has 5 nitrogen and oxygen atoms in total. The van der Waals surface area contributed by atoms with Gasteiger partial charge in [-0.1, -0.05) is 17.7 Å². The predicted molar refractivity (Wildman–Crippen MR) is 71.1 cm³/mol. The van der Waals surface area contributed by atoms with Gasteiger partial charge in [0.2, 0.25) is 0 Å². The molecule has 0 radical (unpaired) electrons. The summed E-state index contributed by atoms with van der Waals surface area (Å²) < 4.78 is 5.58. The number of fused-ring (bicyclic) bond motifs is 3. The van der Waals surface area contributed by atoms with Crippen LogP contribution in [0.2, 0.25) is 5.02 Å². The van der Waals surface area contributed by atoms with E-state index >= 15 is 0 Å². The van der Waals surface area contributed by atoms with Gasteiger partial charge < -0.3 is 4.74 Å². The van der Waals surface area contributed by atoms with Crippen molar-refractivity contribution in [2.24, 2.45) is 0 Å². The van der Waals surface area contributed by atoms with Crippen molar-refractivity contribution in [2.45, 2.75) is 18.1 Å². The van der Waals surface area contributed by atoms with Gasteiger partial charge in [-0.25, -0.2) is 0 Å². The lowest BCUT2D eigenvalue weighted by molar-refractivity contribution is -0.573. The molecule has 2 aliphatic heterocycles. The van der Waals surface area contributed by atoms with E-state index in [9.17, 15) is 10.1 Å². The first kappa shape index (κ1) is 12.8. The van der Waals surface area contributed by atoms with Gasteiger partial charge in [-0.05, 0) is 30.3 Å². The van der Waals surface area contributed by atoms with Crippen LogP contribution in [0.5, 0.6) is 0 Å². The zero-order chi connectivity index (χ0) is 13.6. The van der Waals surface area contributed by atoms with Crippen LogP contribution in [-0.2, 0) is 11.3 Å². The highest BCUT2D eigenvalue weighted by Gasteiger charge is 2.58. The summed E-state index contributed by atoms with van der Waals surface area (Å²) in [4.78, 5) is 13.4. The highest BCUT2D eigenvalue weighted by molar-refractivity contribution is 6.30. The Bertz CT molecular complexity index is 537. The number of nitro groups is 1. The Morgan fingerprint density at radius 1 is 1.58 bits per heavy atom. The van der Waals surface area contributed by atoms with Gasteiger partial charge in [0.05, 0.1) is 19.1 Å². The van der Waals surface area contributed by atoms with E-state index in [-0.39, 0.29) is 17.4 Å². The van der Waals surface area contributed by atoms with E-state index in [1.807, 2.05) is 30.1 Å². The van der Waals surface area contributed by atoms with Crippen LogP contribution in [0, 0.1) is 10.1 Å². The summed E-state index contributed by atoms with van der Waals surface area (Å²) in [5.41, 5.74) is 0.921. The first-order valence-corrected chi connectivity index (χ1v) is 6.60. The number of likely N-dealkylation sites (tertiary alicyclic amines) is 1. The van der Waals surface area contributed by atoms with Crippen LogP contribution in [0.4, 0.5) is 0 Å². The summed E-state index contributed by atoms with van der Waals surface area (Å²) in [6.45, 7) is 1.65. The third-order valence-corrected chi connectivity index (χ3v) is 4.38. The quantitative estimate of drug-likeness (QED) is 0.583. The molecule has 1 aromatic rings. The maximum atomic E-state index is 11.6. The maximum absolute atomic E-state index is 11.6. The topological polar surface area (TPSA) is 55.6 Å². The minimum absolute atomic E-state index is 0.154. The molecular weight excluding hydrogens is 268 g/mol.